The predicted octanol–water partition coefficient (Wildman–Crippen LogP) is 4.17. The van der Waals surface area contributed by atoms with Crippen LogP contribution in [0.15, 0.2) is 47.5 Å². The molecule has 0 bridgehead atoms. The summed E-state index contributed by atoms with van der Waals surface area (Å²) >= 11 is 0. The Morgan fingerprint density at radius 1 is 1.06 bits per heavy atom. The molecule has 0 unspecified atom stereocenters. The number of fused-ring (bicyclic) bond motifs is 3. The quantitative estimate of drug-likeness (QED) is 0.365. The van der Waals surface area contributed by atoms with Gasteiger partial charge in [-0.15, -0.1) is 0 Å². The Labute approximate surface area is 210 Å². The fourth-order valence-electron chi connectivity index (χ4n) is 5.58. The Morgan fingerprint density at radius 3 is 2.69 bits per heavy atom. The van der Waals surface area contributed by atoms with E-state index < -0.39 is 0 Å². The molecule has 0 radical (unpaired) electrons. The van der Waals surface area contributed by atoms with E-state index in [0.29, 0.717) is 19.1 Å². The molecule has 0 N–H and O–H groups in total. The Hall–Kier alpha value is -3.23. The lowest BCUT2D eigenvalue weighted by Gasteiger charge is -2.23. The molecule has 2 aliphatic heterocycles. The molecule has 2 aliphatic rings. The lowest BCUT2D eigenvalue weighted by molar-refractivity contribution is 0.0593. The van der Waals surface area contributed by atoms with Crippen LogP contribution in [0, 0.1) is 0 Å². The highest BCUT2D eigenvalue weighted by molar-refractivity contribution is 6.04. The Morgan fingerprint density at radius 2 is 1.92 bits per heavy atom. The summed E-state index contributed by atoms with van der Waals surface area (Å²) in [5, 5.41) is 0.968. The summed E-state index contributed by atoms with van der Waals surface area (Å²) in [4.78, 5) is 24.9. The van der Waals surface area contributed by atoms with Crippen LogP contribution in [0.25, 0.3) is 33.1 Å². The zero-order valence-electron chi connectivity index (χ0n) is 20.9. The number of imidazole rings is 1. The molecule has 3 aromatic heterocycles. The van der Waals surface area contributed by atoms with Crippen LogP contribution in [0.4, 0.5) is 0 Å². The number of rotatable bonds is 7. The highest BCUT2D eigenvalue weighted by Gasteiger charge is 2.24. The van der Waals surface area contributed by atoms with Gasteiger partial charge in [-0.2, -0.15) is 0 Å². The van der Waals surface area contributed by atoms with Crippen LogP contribution in [0.5, 0.6) is 5.88 Å². The van der Waals surface area contributed by atoms with Crippen LogP contribution in [0.1, 0.15) is 38.1 Å². The average Bonchev–Trinajstić information content (AvgIpc) is 3.53. The van der Waals surface area contributed by atoms with Gasteiger partial charge in [-0.1, -0.05) is 6.07 Å². The average molecular weight is 488 g/mol. The van der Waals surface area contributed by atoms with Gasteiger partial charge in [-0.3, -0.25) is 14.1 Å². The molecule has 2 fully saturated rings. The van der Waals surface area contributed by atoms with Gasteiger partial charge in [0.2, 0.25) is 5.88 Å². The van der Waals surface area contributed by atoms with Crippen molar-refractivity contribution >= 4 is 21.9 Å². The van der Waals surface area contributed by atoms with Crippen molar-refractivity contribution in [1.29, 1.82) is 0 Å². The summed E-state index contributed by atoms with van der Waals surface area (Å²) in [6, 6.07) is 10.2. The van der Waals surface area contributed by atoms with Crippen molar-refractivity contribution in [2.45, 2.75) is 38.1 Å². The maximum absolute atomic E-state index is 13.2. The maximum atomic E-state index is 13.2. The van der Waals surface area contributed by atoms with Gasteiger partial charge < -0.3 is 14.4 Å². The van der Waals surface area contributed by atoms with Crippen LogP contribution < -0.4 is 10.4 Å². The van der Waals surface area contributed by atoms with Crippen LogP contribution in [0.2, 0.25) is 0 Å². The van der Waals surface area contributed by atoms with Gasteiger partial charge in [-0.05, 0) is 69.0 Å². The molecule has 1 atom stereocenters. The van der Waals surface area contributed by atoms with Crippen molar-refractivity contribution in [1.82, 2.24) is 24.0 Å². The van der Waals surface area contributed by atoms with Crippen LogP contribution in [-0.2, 0) is 11.8 Å². The number of pyridine rings is 2. The molecule has 8 heteroatoms. The summed E-state index contributed by atoms with van der Waals surface area (Å²) in [5.74, 6) is 0.652. The Bertz CT molecular complexity index is 1410. The van der Waals surface area contributed by atoms with Gasteiger partial charge in [0.15, 0.2) is 0 Å². The highest BCUT2D eigenvalue weighted by atomic mass is 16.5. The normalized spacial score (nSPS) is 18.9. The smallest absolute Gasteiger partial charge is 0.329 e. The van der Waals surface area contributed by atoms with Crippen molar-refractivity contribution in [2.75, 3.05) is 39.5 Å². The van der Waals surface area contributed by atoms with Gasteiger partial charge in [-0.25, -0.2) is 9.78 Å². The van der Waals surface area contributed by atoms with E-state index in [2.05, 4.69) is 27.0 Å². The molecule has 36 heavy (non-hydrogen) atoms. The van der Waals surface area contributed by atoms with E-state index in [-0.39, 0.29) is 11.7 Å². The number of hydrogen-bond donors (Lipinski definition) is 0. The third kappa shape index (κ3) is 4.40. The summed E-state index contributed by atoms with van der Waals surface area (Å²) in [5.41, 5.74) is 4.65. The molecular weight excluding hydrogens is 454 g/mol. The van der Waals surface area contributed by atoms with Crippen molar-refractivity contribution in [3.8, 4) is 17.0 Å². The van der Waals surface area contributed by atoms with Gasteiger partial charge in [0.1, 0.15) is 0 Å². The predicted molar refractivity (Wildman–Crippen MR) is 141 cm³/mol. The molecule has 0 amide bonds. The van der Waals surface area contributed by atoms with Crippen LogP contribution in [0.3, 0.4) is 0 Å². The standard InChI is InChI=1S/C28H33N5O3/c1-31-25-18-29-24-9-7-20(16-23(24)27(25)33(28(31)34)22-6-4-14-35-19-22)21-8-10-26(30-17-21)36-15-5-13-32-11-2-3-12-32/h7-10,16-18,22H,2-6,11-15,19H2,1H3/t22-/m1/s1. The summed E-state index contributed by atoms with van der Waals surface area (Å²) in [6.07, 6.45) is 9.21. The van der Waals surface area contributed by atoms with Gasteiger partial charge in [0.05, 0.1) is 42.0 Å². The molecule has 2 saturated heterocycles. The first-order chi connectivity index (χ1) is 17.7. The third-order valence-electron chi connectivity index (χ3n) is 7.55. The molecular formula is C28H33N5O3. The van der Waals surface area contributed by atoms with E-state index >= 15 is 0 Å². The Balaban J connectivity index is 1.27. The number of ether oxygens (including phenoxy) is 2. The second-order valence-corrected chi connectivity index (χ2v) is 9.94. The first-order valence-corrected chi connectivity index (χ1v) is 13.1. The monoisotopic (exact) mass is 487 g/mol. The molecule has 0 aliphatic carbocycles. The molecule has 5 heterocycles. The lowest BCUT2D eigenvalue weighted by Crippen LogP contribution is -2.31. The second-order valence-electron chi connectivity index (χ2n) is 9.94. The van der Waals surface area contributed by atoms with E-state index in [0.717, 1.165) is 65.5 Å². The summed E-state index contributed by atoms with van der Waals surface area (Å²) in [7, 11) is 1.82. The van der Waals surface area contributed by atoms with E-state index in [1.807, 2.05) is 36.0 Å². The van der Waals surface area contributed by atoms with Gasteiger partial charge >= 0.3 is 5.69 Å². The fourth-order valence-corrected chi connectivity index (χ4v) is 5.58. The van der Waals surface area contributed by atoms with Gasteiger partial charge in [0, 0.05) is 43.4 Å². The van der Waals surface area contributed by atoms with Crippen molar-refractivity contribution < 1.29 is 9.47 Å². The van der Waals surface area contributed by atoms with Crippen molar-refractivity contribution in [3.63, 3.8) is 0 Å². The SMILES string of the molecule is Cn1c(=O)n([C@@H]2CCCOC2)c2c3cc(-c4ccc(OCCCN5CCCC5)nc4)ccc3ncc21. The van der Waals surface area contributed by atoms with Crippen LogP contribution in [-0.4, -0.2) is 63.5 Å². The fraction of sp³-hybridized carbons (Fsp3) is 0.464. The first kappa shape index (κ1) is 23.2. The second kappa shape index (κ2) is 10.0. The van der Waals surface area contributed by atoms with Crippen molar-refractivity contribution in [2.24, 2.45) is 7.05 Å². The highest BCUT2D eigenvalue weighted by Crippen LogP contribution is 2.31. The van der Waals surface area contributed by atoms with Crippen molar-refractivity contribution in [3.05, 3.63) is 53.2 Å². The number of hydrogen-bond acceptors (Lipinski definition) is 6. The summed E-state index contributed by atoms with van der Waals surface area (Å²) in [6.45, 7) is 5.52. The zero-order valence-corrected chi connectivity index (χ0v) is 20.9. The number of nitrogens with zero attached hydrogens (tertiary/aromatic N) is 5. The largest absolute Gasteiger partial charge is 0.478 e. The lowest BCUT2D eigenvalue weighted by atomic mass is 10.0. The number of aryl methyl sites for hydroxylation is 1. The third-order valence-corrected chi connectivity index (χ3v) is 7.55. The molecule has 4 aromatic rings. The minimum Gasteiger partial charge on any atom is -0.478 e. The van der Waals surface area contributed by atoms with E-state index in [1.165, 1.54) is 25.9 Å². The molecule has 8 nitrogen and oxygen atoms in total. The topological polar surface area (TPSA) is 74.4 Å². The minimum absolute atomic E-state index is 0.0203. The number of benzene rings is 1. The Kier molecular flexibility index (Phi) is 6.46. The summed E-state index contributed by atoms with van der Waals surface area (Å²) < 4.78 is 15.2. The van der Waals surface area contributed by atoms with E-state index in [1.54, 1.807) is 10.8 Å². The maximum Gasteiger partial charge on any atom is 0.329 e. The zero-order chi connectivity index (χ0) is 24.5. The van der Waals surface area contributed by atoms with Crippen LogP contribution >= 0.6 is 0 Å². The molecule has 0 spiro atoms. The molecule has 188 valence electrons. The molecule has 6 rings (SSSR count). The molecule has 1 aromatic carbocycles. The van der Waals surface area contributed by atoms with Gasteiger partial charge in [0.25, 0.3) is 0 Å². The number of aromatic nitrogens is 4. The number of likely N-dealkylation sites (tertiary alicyclic amines) is 1. The molecule has 0 saturated carbocycles. The first-order valence-electron chi connectivity index (χ1n) is 13.1. The van der Waals surface area contributed by atoms with E-state index in [9.17, 15) is 4.79 Å². The minimum atomic E-state index is -0.0203. The van der Waals surface area contributed by atoms with E-state index in [4.69, 9.17) is 9.47 Å².